The van der Waals surface area contributed by atoms with Crippen LogP contribution in [0.3, 0.4) is 0 Å². The number of phenols is 3. The molecule has 12 heteroatoms. The van der Waals surface area contributed by atoms with E-state index in [1.165, 1.54) is 73.2 Å². The predicted octanol–water partition coefficient (Wildman–Crippen LogP) is 4.70. The molecule has 0 radical (unpaired) electrons. The van der Waals surface area contributed by atoms with Crippen molar-refractivity contribution in [3.63, 3.8) is 0 Å². The van der Waals surface area contributed by atoms with Gasteiger partial charge in [-0.25, -0.2) is 10.9 Å². The zero-order valence-corrected chi connectivity index (χ0v) is 19.5. The van der Waals surface area contributed by atoms with Crippen LogP contribution in [0, 0.1) is 0 Å². The highest BCUT2D eigenvalue weighted by Crippen LogP contribution is 2.21. The molecule has 0 saturated carbocycles. The van der Waals surface area contributed by atoms with Crippen molar-refractivity contribution in [2.24, 2.45) is 20.4 Å². The Morgan fingerprint density at radius 2 is 1.00 bits per heavy atom. The molecule has 0 aliphatic rings. The van der Waals surface area contributed by atoms with Crippen LogP contribution in [0.1, 0.15) is 16.7 Å². The third-order valence-electron chi connectivity index (χ3n) is 4.07. The highest BCUT2D eigenvalue weighted by atomic mass is 35.5. The molecule has 0 saturated heterocycles. The molecule has 0 bridgehead atoms. The van der Waals surface area contributed by atoms with Crippen LogP contribution in [0.25, 0.3) is 0 Å². The number of phenolic OH excluding ortho intramolecular Hbond substituents is 3. The number of rotatable bonds is 6. The van der Waals surface area contributed by atoms with Crippen LogP contribution in [0.2, 0.25) is 15.1 Å². The van der Waals surface area contributed by atoms with Gasteiger partial charge >= 0.3 is 0 Å². The molecule has 0 unspecified atom stereocenters. The van der Waals surface area contributed by atoms with Crippen LogP contribution in [-0.2, 0) is 0 Å². The lowest BCUT2D eigenvalue weighted by atomic mass is 10.2. The molecule has 5 N–H and O–H groups in total. The molecular weight excluding hydrogens is 503 g/mol. The van der Waals surface area contributed by atoms with E-state index in [9.17, 15) is 15.3 Å². The molecule has 3 aromatic carbocycles. The van der Waals surface area contributed by atoms with E-state index in [4.69, 9.17) is 34.8 Å². The number of hydrogen-bond acceptors (Lipinski definition) is 7. The fourth-order valence-electron chi connectivity index (χ4n) is 2.43. The summed E-state index contributed by atoms with van der Waals surface area (Å²) in [6.45, 7) is 0. The fourth-order valence-corrected chi connectivity index (χ4v) is 2.97. The Morgan fingerprint density at radius 3 is 1.41 bits per heavy atom. The summed E-state index contributed by atoms with van der Waals surface area (Å²) in [6.07, 6.45) is 3.92. The molecule has 3 aromatic rings. The summed E-state index contributed by atoms with van der Waals surface area (Å²) >= 11 is 17.8. The summed E-state index contributed by atoms with van der Waals surface area (Å²) in [5.41, 5.74) is 6.24. The van der Waals surface area contributed by atoms with Crippen molar-refractivity contribution in [3.05, 3.63) is 86.4 Å². The average molecular weight is 520 g/mol. The number of hydrazone groups is 2. The standard InChI is InChI=1S/C22H17Cl3N6O3/c23-16-1-4-19(32)13(7-16)10-26-29-22(30-27-11-14-8-17(24)2-5-20(14)33)31-28-12-15-9-18(25)3-6-21(15)34/h1-12,32-34H,(H2,29,30,31)/b26-10+,27-11?,28-12?. The van der Waals surface area contributed by atoms with E-state index in [-0.39, 0.29) is 23.2 Å². The number of halogens is 3. The van der Waals surface area contributed by atoms with Crippen LogP contribution >= 0.6 is 34.8 Å². The van der Waals surface area contributed by atoms with Crippen LogP contribution in [-0.4, -0.2) is 39.9 Å². The lowest BCUT2D eigenvalue weighted by Crippen LogP contribution is -2.30. The van der Waals surface area contributed by atoms with E-state index < -0.39 is 0 Å². The third kappa shape index (κ3) is 7.38. The zero-order chi connectivity index (χ0) is 24.5. The van der Waals surface area contributed by atoms with Crippen molar-refractivity contribution in [1.82, 2.24) is 10.9 Å². The van der Waals surface area contributed by atoms with Gasteiger partial charge in [-0.15, -0.1) is 5.10 Å². The number of guanidine groups is 1. The number of hydrogen-bond donors (Lipinski definition) is 5. The summed E-state index contributed by atoms with van der Waals surface area (Å²) in [5.74, 6) is -0.112. The first-order chi connectivity index (χ1) is 16.3. The van der Waals surface area contributed by atoms with Gasteiger partial charge in [0.2, 0.25) is 0 Å². The summed E-state index contributed by atoms with van der Waals surface area (Å²) in [6, 6.07) is 13.4. The number of benzene rings is 3. The second kappa shape index (κ2) is 11.9. The quantitative estimate of drug-likeness (QED) is 0.183. The lowest BCUT2D eigenvalue weighted by Gasteiger charge is -2.04. The maximum atomic E-state index is 9.89. The minimum absolute atomic E-state index is 0.0229. The van der Waals surface area contributed by atoms with Gasteiger partial charge in [0.05, 0.1) is 18.6 Å². The molecule has 0 heterocycles. The first-order valence-electron chi connectivity index (χ1n) is 9.46. The second-order valence-corrected chi connectivity index (χ2v) is 7.85. The van der Waals surface area contributed by atoms with Gasteiger partial charge in [0.25, 0.3) is 5.96 Å². The van der Waals surface area contributed by atoms with Crippen molar-refractivity contribution >= 4 is 59.4 Å². The van der Waals surface area contributed by atoms with Crippen LogP contribution in [0.15, 0.2) is 75.0 Å². The summed E-state index contributed by atoms with van der Waals surface area (Å²) in [5, 5.41) is 46.7. The topological polar surface area (TPSA) is 134 Å². The number of aromatic hydroxyl groups is 3. The monoisotopic (exact) mass is 518 g/mol. The molecule has 0 aliphatic carbocycles. The van der Waals surface area contributed by atoms with Gasteiger partial charge in [0, 0.05) is 31.8 Å². The molecule has 0 aromatic heterocycles. The van der Waals surface area contributed by atoms with Crippen molar-refractivity contribution in [1.29, 1.82) is 0 Å². The third-order valence-corrected chi connectivity index (χ3v) is 4.78. The highest BCUT2D eigenvalue weighted by molar-refractivity contribution is 6.31. The number of nitrogens with zero attached hydrogens (tertiary/aromatic N) is 4. The van der Waals surface area contributed by atoms with Gasteiger partial charge in [0.1, 0.15) is 17.2 Å². The predicted molar refractivity (Wildman–Crippen MR) is 136 cm³/mol. The zero-order valence-electron chi connectivity index (χ0n) is 17.2. The Balaban J connectivity index is 1.80. The van der Waals surface area contributed by atoms with Gasteiger partial charge in [-0.3, -0.25) is 0 Å². The largest absolute Gasteiger partial charge is 0.507 e. The van der Waals surface area contributed by atoms with Gasteiger partial charge < -0.3 is 15.3 Å². The van der Waals surface area contributed by atoms with E-state index in [0.29, 0.717) is 31.8 Å². The average Bonchev–Trinajstić information content (AvgIpc) is 2.80. The normalized spacial score (nSPS) is 12.1. The van der Waals surface area contributed by atoms with Gasteiger partial charge in [-0.2, -0.15) is 15.3 Å². The fraction of sp³-hybridized carbons (Fsp3) is 0. The molecule has 0 spiro atoms. The molecule has 3 rings (SSSR count). The molecule has 0 atom stereocenters. The molecule has 9 nitrogen and oxygen atoms in total. The first kappa shape index (κ1) is 24.8. The summed E-state index contributed by atoms with van der Waals surface area (Å²) in [4.78, 5) is 0. The Morgan fingerprint density at radius 1 is 0.618 bits per heavy atom. The van der Waals surface area contributed by atoms with Crippen LogP contribution in [0.5, 0.6) is 17.2 Å². The van der Waals surface area contributed by atoms with Crippen molar-refractivity contribution < 1.29 is 15.3 Å². The van der Waals surface area contributed by atoms with Gasteiger partial charge in [0.15, 0.2) is 0 Å². The van der Waals surface area contributed by atoms with E-state index in [2.05, 4.69) is 31.3 Å². The van der Waals surface area contributed by atoms with E-state index >= 15 is 0 Å². The Hall–Kier alpha value is -3.79. The smallest absolute Gasteiger partial charge is 0.257 e. The molecular formula is C22H17Cl3N6O3. The molecule has 0 aliphatic heterocycles. The molecule has 0 amide bonds. The van der Waals surface area contributed by atoms with Crippen LogP contribution < -0.4 is 10.9 Å². The Labute approximate surface area is 209 Å². The minimum atomic E-state index is -0.0340. The van der Waals surface area contributed by atoms with Gasteiger partial charge in [-0.05, 0) is 54.6 Å². The molecule has 174 valence electrons. The maximum absolute atomic E-state index is 9.89. The highest BCUT2D eigenvalue weighted by Gasteiger charge is 2.02. The van der Waals surface area contributed by atoms with Crippen LogP contribution in [0.4, 0.5) is 0 Å². The van der Waals surface area contributed by atoms with E-state index in [0.717, 1.165) is 0 Å². The van der Waals surface area contributed by atoms with Crippen molar-refractivity contribution in [2.75, 3.05) is 0 Å². The lowest BCUT2D eigenvalue weighted by molar-refractivity contribution is 0.474. The van der Waals surface area contributed by atoms with Crippen molar-refractivity contribution in [2.45, 2.75) is 0 Å². The maximum Gasteiger partial charge on any atom is 0.257 e. The van der Waals surface area contributed by atoms with Crippen molar-refractivity contribution in [3.8, 4) is 17.2 Å². The first-order valence-corrected chi connectivity index (χ1v) is 10.6. The second-order valence-electron chi connectivity index (χ2n) is 6.54. The molecule has 34 heavy (non-hydrogen) atoms. The summed E-state index contributed by atoms with van der Waals surface area (Å²) in [7, 11) is 0. The van der Waals surface area contributed by atoms with Gasteiger partial charge in [-0.1, -0.05) is 34.8 Å². The molecule has 0 fully saturated rings. The Kier molecular flexibility index (Phi) is 8.69. The van der Waals surface area contributed by atoms with E-state index in [1.54, 1.807) is 0 Å². The Bertz CT molecular complexity index is 1230. The van der Waals surface area contributed by atoms with E-state index in [1.807, 2.05) is 0 Å². The minimum Gasteiger partial charge on any atom is -0.507 e. The number of nitrogens with one attached hydrogen (secondary N) is 2. The summed E-state index contributed by atoms with van der Waals surface area (Å²) < 4.78 is 0. The SMILES string of the molecule is Oc1ccc(Cl)cc1C=NN=C(NN=Cc1cc(Cl)ccc1O)N/N=C/c1cc(Cl)ccc1O.